The van der Waals surface area contributed by atoms with Gasteiger partial charge < -0.3 is 5.32 Å². The molecule has 0 aliphatic carbocycles. The Morgan fingerprint density at radius 3 is 2.69 bits per heavy atom. The largest absolute Gasteiger partial charge is 0.378 e. The molecule has 1 N–H and O–H groups in total. The molecule has 0 radical (unpaired) electrons. The van der Waals surface area contributed by atoms with E-state index in [4.69, 9.17) is 0 Å². The van der Waals surface area contributed by atoms with Crippen molar-refractivity contribution in [2.24, 2.45) is 0 Å². The minimum Gasteiger partial charge on any atom is -0.378 e. The van der Waals surface area contributed by atoms with E-state index in [1.165, 1.54) is 11.1 Å². The first-order valence-electron chi connectivity index (χ1n) is 4.40. The quantitative estimate of drug-likeness (QED) is 0.767. The summed E-state index contributed by atoms with van der Waals surface area (Å²) in [7, 11) is 0. The summed E-state index contributed by atoms with van der Waals surface area (Å²) in [5, 5.41) is 3.10. The van der Waals surface area contributed by atoms with Gasteiger partial charge in [-0.05, 0) is 38.0 Å². The molecule has 1 aromatic rings. The van der Waals surface area contributed by atoms with Crippen LogP contribution in [0.4, 0.5) is 5.69 Å². The average molecular weight is 177 g/mol. The molecule has 0 fully saturated rings. The Labute approximate surface area is 79.0 Å². The Morgan fingerprint density at radius 1 is 1.38 bits per heavy atom. The monoisotopic (exact) mass is 177 g/mol. The first-order chi connectivity index (χ1) is 6.09. The van der Waals surface area contributed by atoms with Crippen molar-refractivity contribution in [2.45, 2.75) is 20.8 Å². The molecule has 0 aliphatic rings. The third kappa shape index (κ3) is 2.90. The number of benzene rings is 1. The predicted molar refractivity (Wildman–Crippen MR) is 55.1 cm³/mol. The maximum Gasteiger partial charge on any atom is 0.148 e. The van der Waals surface area contributed by atoms with Crippen LogP contribution < -0.4 is 5.32 Å². The molecule has 1 aromatic carbocycles. The van der Waals surface area contributed by atoms with Gasteiger partial charge in [0.15, 0.2) is 0 Å². The zero-order chi connectivity index (χ0) is 9.84. The second-order valence-corrected chi connectivity index (χ2v) is 3.37. The highest BCUT2D eigenvalue weighted by atomic mass is 16.1. The zero-order valence-corrected chi connectivity index (χ0v) is 8.35. The summed E-state index contributed by atoms with van der Waals surface area (Å²) in [5.74, 6) is 0.154. The second-order valence-electron chi connectivity index (χ2n) is 3.37. The normalized spacial score (nSPS) is 9.77. The molecule has 0 heterocycles. The fourth-order valence-electron chi connectivity index (χ4n) is 1.15. The lowest BCUT2D eigenvalue weighted by atomic mass is 10.1. The van der Waals surface area contributed by atoms with Crippen LogP contribution in [0.5, 0.6) is 0 Å². The van der Waals surface area contributed by atoms with Crippen molar-refractivity contribution in [3.05, 3.63) is 29.3 Å². The van der Waals surface area contributed by atoms with Crippen LogP contribution in [0.25, 0.3) is 0 Å². The molecule has 1 rings (SSSR count). The lowest BCUT2D eigenvalue weighted by Gasteiger charge is -2.08. The molecule has 0 amide bonds. The molecular weight excluding hydrogens is 162 g/mol. The molecule has 70 valence electrons. The Balaban J connectivity index is 2.75. The van der Waals surface area contributed by atoms with Gasteiger partial charge in [-0.25, -0.2) is 0 Å². The van der Waals surface area contributed by atoms with Crippen molar-refractivity contribution in [3.8, 4) is 0 Å². The van der Waals surface area contributed by atoms with E-state index >= 15 is 0 Å². The van der Waals surface area contributed by atoms with E-state index in [1.54, 1.807) is 6.92 Å². The summed E-state index contributed by atoms with van der Waals surface area (Å²) in [6, 6.07) is 6.17. The van der Waals surface area contributed by atoms with Gasteiger partial charge in [0.1, 0.15) is 5.78 Å². The molecule has 0 saturated heterocycles. The smallest absolute Gasteiger partial charge is 0.148 e. The molecule has 0 unspecified atom stereocenters. The van der Waals surface area contributed by atoms with E-state index in [1.807, 2.05) is 13.8 Å². The molecule has 0 atom stereocenters. The average Bonchev–Trinajstić information content (AvgIpc) is 2.06. The van der Waals surface area contributed by atoms with Gasteiger partial charge in [0, 0.05) is 5.69 Å². The van der Waals surface area contributed by atoms with Crippen LogP contribution in [0.15, 0.2) is 18.2 Å². The maximum absolute atomic E-state index is 10.8. The third-order valence-electron chi connectivity index (χ3n) is 1.92. The molecule has 0 bridgehead atoms. The SMILES string of the molecule is CC(=O)CNc1cc(C)ccc1C. The van der Waals surface area contributed by atoms with Gasteiger partial charge in [0.2, 0.25) is 0 Å². The van der Waals surface area contributed by atoms with Crippen molar-refractivity contribution in [1.29, 1.82) is 0 Å². The van der Waals surface area contributed by atoms with Crippen molar-refractivity contribution >= 4 is 11.5 Å². The molecule has 0 aromatic heterocycles. The van der Waals surface area contributed by atoms with Crippen molar-refractivity contribution in [3.63, 3.8) is 0 Å². The zero-order valence-electron chi connectivity index (χ0n) is 8.35. The first-order valence-corrected chi connectivity index (χ1v) is 4.40. The molecule has 13 heavy (non-hydrogen) atoms. The minimum atomic E-state index is 0.154. The second kappa shape index (κ2) is 4.08. The highest BCUT2D eigenvalue weighted by Crippen LogP contribution is 2.15. The Kier molecular flexibility index (Phi) is 3.07. The fourth-order valence-corrected chi connectivity index (χ4v) is 1.15. The van der Waals surface area contributed by atoms with E-state index in [2.05, 4.69) is 23.5 Å². The van der Waals surface area contributed by atoms with Crippen LogP contribution >= 0.6 is 0 Å². The number of Topliss-reactive ketones (excluding diaryl/α,β-unsaturated/α-hetero) is 1. The Bertz CT molecular complexity index is 318. The standard InChI is InChI=1S/C11H15NO/c1-8-4-5-9(2)11(6-8)12-7-10(3)13/h4-6,12H,7H2,1-3H3. The summed E-state index contributed by atoms with van der Waals surface area (Å²) < 4.78 is 0. The molecule has 0 spiro atoms. The van der Waals surface area contributed by atoms with Gasteiger partial charge in [0.05, 0.1) is 6.54 Å². The van der Waals surface area contributed by atoms with E-state index in [9.17, 15) is 4.79 Å². The summed E-state index contributed by atoms with van der Waals surface area (Å²) >= 11 is 0. The number of hydrogen-bond donors (Lipinski definition) is 1. The first kappa shape index (κ1) is 9.78. The highest BCUT2D eigenvalue weighted by Gasteiger charge is 1.98. The molecule has 0 saturated carbocycles. The van der Waals surface area contributed by atoms with Crippen molar-refractivity contribution in [2.75, 3.05) is 11.9 Å². The molecule has 0 aliphatic heterocycles. The number of carbonyl (C=O) groups excluding carboxylic acids is 1. The van der Waals surface area contributed by atoms with Crippen LogP contribution in [0.3, 0.4) is 0 Å². The number of nitrogens with one attached hydrogen (secondary N) is 1. The van der Waals surface area contributed by atoms with Crippen LogP contribution in [-0.4, -0.2) is 12.3 Å². The number of hydrogen-bond acceptors (Lipinski definition) is 2. The minimum absolute atomic E-state index is 0.154. The summed E-state index contributed by atoms with van der Waals surface area (Å²) in [6.45, 7) is 6.06. The third-order valence-corrected chi connectivity index (χ3v) is 1.92. The Morgan fingerprint density at radius 2 is 2.08 bits per heavy atom. The summed E-state index contributed by atoms with van der Waals surface area (Å²) in [5.41, 5.74) is 3.43. The predicted octanol–water partition coefficient (Wildman–Crippen LogP) is 2.30. The number of aryl methyl sites for hydroxylation is 2. The number of carbonyl (C=O) groups is 1. The maximum atomic E-state index is 10.8. The summed E-state index contributed by atoms with van der Waals surface area (Å²) in [4.78, 5) is 10.8. The lowest BCUT2D eigenvalue weighted by molar-refractivity contribution is -0.115. The van der Waals surface area contributed by atoms with Gasteiger partial charge in [-0.15, -0.1) is 0 Å². The van der Waals surface area contributed by atoms with Crippen molar-refractivity contribution < 1.29 is 4.79 Å². The van der Waals surface area contributed by atoms with Gasteiger partial charge >= 0.3 is 0 Å². The van der Waals surface area contributed by atoms with E-state index < -0.39 is 0 Å². The fraction of sp³-hybridized carbons (Fsp3) is 0.364. The van der Waals surface area contributed by atoms with Crippen molar-refractivity contribution in [1.82, 2.24) is 0 Å². The molecular formula is C11H15NO. The molecule has 2 nitrogen and oxygen atoms in total. The molecule has 2 heteroatoms. The van der Waals surface area contributed by atoms with Crippen LogP contribution in [0.1, 0.15) is 18.1 Å². The number of anilines is 1. The van der Waals surface area contributed by atoms with Crippen LogP contribution in [-0.2, 0) is 4.79 Å². The van der Waals surface area contributed by atoms with Gasteiger partial charge in [0.25, 0.3) is 0 Å². The van der Waals surface area contributed by atoms with Gasteiger partial charge in [-0.2, -0.15) is 0 Å². The topological polar surface area (TPSA) is 29.1 Å². The van der Waals surface area contributed by atoms with Crippen LogP contribution in [0, 0.1) is 13.8 Å². The van der Waals surface area contributed by atoms with E-state index in [0.29, 0.717) is 6.54 Å². The van der Waals surface area contributed by atoms with E-state index in [0.717, 1.165) is 5.69 Å². The highest BCUT2D eigenvalue weighted by molar-refractivity contribution is 5.80. The summed E-state index contributed by atoms with van der Waals surface area (Å²) in [6.07, 6.45) is 0. The Hall–Kier alpha value is -1.31. The van der Waals surface area contributed by atoms with Gasteiger partial charge in [-0.1, -0.05) is 12.1 Å². The lowest BCUT2D eigenvalue weighted by Crippen LogP contribution is -2.10. The number of ketones is 1. The van der Waals surface area contributed by atoms with Crippen LogP contribution in [0.2, 0.25) is 0 Å². The van der Waals surface area contributed by atoms with Gasteiger partial charge in [-0.3, -0.25) is 4.79 Å². The van der Waals surface area contributed by atoms with E-state index in [-0.39, 0.29) is 5.78 Å². The number of rotatable bonds is 3.